The molecule has 1 aliphatic rings. The van der Waals surface area contributed by atoms with Gasteiger partial charge in [-0.3, -0.25) is 5.10 Å². The summed E-state index contributed by atoms with van der Waals surface area (Å²) in [6.07, 6.45) is 4.01. The molecule has 0 spiro atoms. The van der Waals surface area contributed by atoms with Crippen LogP contribution in [0.1, 0.15) is 36.1 Å². The minimum atomic E-state index is -0.398. The Bertz CT molecular complexity index is 877. The first-order valence-electron chi connectivity index (χ1n) is 8.49. The summed E-state index contributed by atoms with van der Waals surface area (Å²) in [6.45, 7) is -0.150. The number of H-pyrrole nitrogens is 1. The Kier molecular flexibility index (Phi) is 4.49. The van der Waals surface area contributed by atoms with Crippen LogP contribution in [0.3, 0.4) is 0 Å². The van der Waals surface area contributed by atoms with E-state index in [0.717, 1.165) is 11.3 Å². The first-order chi connectivity index (χ1) is 12.7. The van der Waals surface area contributed by atoms with E-state index in [9.17, 15) is 9.50 Å². The van der Waals surface area contributed by atoms with E-state index in [2.05, 4.69) is 30.8 Å². The van der Waals surface area contributed by atoms with E-state index in [1.165, 1.54) is 25.0 Å². The SMILES string of the molecule is OCC(Nc1ccnc(Nc2cc(C3CC3)[nH]n2)n1)c1ccc(F)cc1. The van der Waals surface area contributed by atoms with Crippen molar-refractivity contribution >= 4 is 17.6 Å². The van der Waals surface area contributed by atoms with Crippen molar-refractivity contribution < 1.29 is 9.50 Å². The van der Waals surface area contributed by atoms with Crippen LogP contribution in [-0.2, 0) is 0 Å². The Balaban J connectivity index is 1.46. The molecule has 8 heteroatoms. The number of aliphatic hydroxyl groups is 1. The number of nitrogens with zero attached hydrogens (tertiary/aromatic N) is 3. The molecular weight excluding hydrogens is 335 g/mol. The second-order valence-corrected chi connectivity index (χ2v) is 6.30. The lowest BCUT2D eigenvalue weighted by atomic mass is 10.1. The van der Waals surface area contributed by atoms with E-state index in [0.29, 0.717) is 23.5 Å². The highest BCUT2D eigenvalue weighted by Gasteiger charge is 2.25. The Morgan fingerprint density at radius 1 is 1.19 bits per heavy atom. The molecule has 1 aromatic carbocycles. The van der Waals surface area contributed by atoms with E-state index in [-0.39, 0.29) is 12.4 Å². The van der Waals surface area contributed by atoms with Crippen LogP contribution in [0.2, 0.25) is 0 Å². The Hall–Kier alpha value is -3.00. The molecule has 0 aliphatic heterocycles. The summed E-state index contributed by atoms with van der Waals surface area (Å²) in [5.41, 5.74) is 1.89. The maximum Gasteiger partial charge on any atom is 0.230 e. The number of hydrogen-bond donors (Lipinski definition) is 4. The van der Waals surface area contributed by atoms with Gasteiger partial charge in [0.05, 0.1) is 12.6 Å². The zero-order valence-electron chi connectivity index (χ0n) is 14.0. The summed E-state index contributed by atoms with van der Waals surface area (Å²) in [7, 11) is 0. The first-order valence-corrected chi connectivity index (χ1v) is 8.49. The van der Waals surface area contributed by atoms with Crippen LogP contribution >= 0.6 is 0 Å². The molecule has 1 fully saturated rings. The fourth-order valence-corrected chi connectivity index (χ4v) is 2.73. The predicted octanol–water partition coefficient (Wildman–Crippen LogP) is 3.11. The average molecular weight is 354 g/mol. The van der Waals surface area contributed by atoms with E-state index < -0.39 is 6.04 Å². The van der Waals surface area contributed by atoms with Gasteiger partial charge in [0.2, 0.25) is 5.95 Å². The standard InChI is InChI=1S/C18H19FN6O/c19-13-5-3-12(4-6-13)15(10-26)21-16-7-8-20-18(22-16)23-17-9-14(24-25-17)11-1-2-11/h3-9,11,15,26H,1-2,10H2,(H3,20,21,22,23,24,25). The van der Waals surface area contributed by atoms with Gasteiger partial charge in [-0.15, -0.1) is 0 Å². The summed E-state index contributed by atoms with van der Waals surface area (Å²) in [5, 5.41) is 23.1. The molecule has 2 aromatic heterocycles. The molecule has 1 atom stereocenters. The van der Waals surface area contributed by atoms with Crippen molar-refractivity contribution in [2.75, 3.05) is 17.2 Å². The van der Waals surface area contributed by atoms with E-state index in [1.54, 1.807) is 24.4 Å². The van der Waals surface area contributed by atoms with Crippen molar-refractivity contribution in [1.29, 1.82) is 0 Å². The molecule has 4 rings (SSSR count). The van der Waals surface area contributed by atoms with Gasteiger partial charge in [0, 0.05) is 23.9 Å². The lowest BCUT2D eigenvalue weighted by Crippen LogP contribution is -2.16. The third-order valence-electron chi connectivity index (χ3n) is 4.29. The smallest absolute Gasteiger partial charge is 0.230 e. The summed E-state index contributed by atoms with van der Waals surface area (Å²) in [5.74, 6) is 1.89. The number of aromatic nitrogens is 4. The van der Waals surface area contributed by atoms with Gasteiger partial charge in [0.25, 0.3) is 0 Å². The van der Waals surface area contributed by atoms with E-state index in [4.69, 9.17) is 0 Å². The Labute approximate surface area is 149 Å². The maximum atomic E-state index is 13.1. The van der Waals surface area contributed by atoms with E-state index in [1.807, 2.05) is 6.07 Å². The average Bonchev–Trinajstić information content (AvgIpc) is 3.41. The van der Waals surface area contributed by atoms with Crippen molar-refractivity contribution in [2.24, 2.45) is 0 Å². The molecule has 3 aromatic rings. The molecular formula is C18H19FN6O. The van der Waals surface area contributed by atoms with Gasteiger partial charge in [0.15, 0.2) is 5.82 Å². The molecule has 26 heavy (non-hydrogen) atoms. The lowest BCUT2D eigenvalue weighted by molar-refractivity contribution is 0.276. The van der Waals surface area contributed by atoms with Gasteiger partial charge in [-0.05, 0) is 36.6 Å². The van der Waals surface area contributed by atoms with Crippen LogP contribution in [0.15, 0.2) is 42.6 Å². The van der Waals surface area contributed by atoms with Gasteiger partial charge in [-0.25, -0.2) is 9.37 Å². The predicted molar refractivity (Wildman–Crippen MR) is 95.7 cm³/mol. The van der Waals surface area contributed by atoms with Gasteiger partial charge < -0.3 is 15.7 Å². The number of rotatable bonds is 7. The van der Waals surface area contributed by atoms with Crippen LogP contribution in [0, 0.1) is 5.82 Å². The van der Waals surface area contributed by atoms with Crippen LogP contribution in [0.4, 0.5) is 22.0 Å². The van der Waals surface area contributed by atoms with Crippen molar-refractivity contribution in [3.63, 3.8) is 0 Å². The molecule has 7 nitrogen and oxygen atoms in total. The molecule has 1 aliphatic carbocycles. The minimum absolute atomic E-state index is 0.150. The maximum absolute atomic E-state index is 13.1. The molecule has 0 radical (unpaired) electrons. The first kappa shape index (κ1) is 16.5. The highest BCUT2D eigenvalue weighted by Crippen LogP contribution is 2.39. The number of halogens is 1. The molecule has 0 saturated heterocycles. The van der Waals surface area contributed by atoms with Gasteiger partial charge in [0.1, 0.15) is 11.6 Å². The molecule has 134 valence electrons. The van der Waals surface area contributed by atoms with Crippen LogP contribution < -0.4 is 10.6 Å². The fraction of sp³-hybridized carbons (Fsp3) is 0.278. The molecule has 2 heterocycles. The van der Waals surface area contributed by atoms with Crippen molar-refractivity contribution in [2.45, 2.75) is 24.8 Å². The number of benzene rings is 1. The van der Waals surface area contributed by atoms with Crippen molar-refractivity contribution in [1.82, 2.24) is 20.2 Å². The van der Waals surface area contributed by atoms with Crippen molar-refractivity contribution in [3.05, 3.63) is 59.7 Å². The lowest BCUT2D eigenvalue weighted by Gasteiger charge is -2.17. The van der Waals surface area contributed by atoms with Gasteiger partial charge >= 0.3 is 0 Å². The largest absolute Gasteiger partial charge is 0.394 e. The molecule has 4 N–H and O–H groups in total. The van der Waals surface area contributed by atoms with Crippen LogP contribution in [0.25, 0.3) is 0 Å². The zero-order chi connectivity index (χ0) is 17.9. The highest BCUT2D eigenvalue weighted by atomic mass is 19.1. The topological polar surface area (TPSA) is 98.8 Å². The number of anilines is 3. The summed E-state index contributed by atoms with van der Waals surface area (Å²) < 4.78 is 13.1. The second-order valence-electron chi connectivity index (χ2n) is 6.30. The third kappa shape index (κ3) is 3.80. The van der Waals surface area contributed by atoms with Crippen molar-refractivity contribution in [3.8, 4) is 0 Å². The Morgan fingerprint density at radius 3 is 2.73 bits per heavy atom. The Morgan fingerprint density at radius 2 is 2.00 bits per heavy atom. The number of aromatic amines is 1. The number of nitrogens with one attached hydrogen (secondary N) is 3. The summed E-state index contributed by atoms with van der Waals surface area (Å²) >= 11 is 0. The van der Waals surface area contributed by atoms with Gasteiger partial charge in [-0.2, -0.15) is 10.1 Å². The molecule has 0 bridgehead atoms. The minimum Gasteiger partial charge on any atom is -0.394 e. The quantitative estimate of drug-likeness (QED) is 0.520. The monoisotopic (exact) mass is 354 g/mol. The fourth-order valence-electron chi connectivity index (χ4n) is 2.73. The normalized spacial score (nSPS) is 14.8. The number of aliphatic hydroxyl groups excluding tert-OH is 1. The number of hydrogen-bond acceptors (Lipinski definition) is 6. The molecule has 0 amide bonds. The molecule has 1 saturated carbocycles. The highest BCUT2D eigenvalue weighted by molar-refractivity contribution is 5.51. The van der Waals surface area contributed by atoms with Gasteiger partial charge in [-0.1, -0.05) is 12.1 Å². The van der Waals surface area contributed by atoms with Crippen LogP contribution in [-0.4, -0.2) is 31.9 Å². The second kappa shape index (κ2) is 7.09. The zero-order valence-corrected chi connectivity index (χ0v) is 14.0. The summed E-state index contributed by atoms with van der Waals surface area (Å²) in [4.78, 5) is 8.59. The third-order valence-corrected chi connectivity index (χ3v) is 4.29. The van der Waals surface area contributed by atoms with Crippen LogP contribution in [0.5, 0.6) is 0 Å². The van der Waals surface area contributed by atoms with E-state index >= 15 is 0 Å². The molecule has 1 unspecified atom stereocenters. The summed E-state index contributed by atoms with van der Waals surface area (Å²) in [6, 6.07) is 9.27.